The van der Waals surface area contributed by atoms with Crippen LogP contribution in [-0.4, -0.2) is 21.6 Å². The number of aromatic nitrogens is 3. The topological polar surface area (TPSA) is 52.0 Å². The molecule has 0 saturated carbocycles. The molecular formula is C11H11F3N4O. The molecule has 0 fully saturated rings. The van der Waals surface area contributed by atoms with Crippen molar-refractivity contribution in [2.24, 2.45) is 7.05 Å². The van der Waals surface area contributed by atoms with E-state index in [9.17, 15) is 13.2 Å². The minimum atomic E-state index is -3.01. The highest BCUT2D eigenvalue weighted by atomic mass is 19.3. The van der Waals surface area contributed by atoms with Crippen molar-refractivity contribution >= 4 is 5.69 Å². The number of hydrogen-bond donors (Lipinski definition) is 1. The summed E-state index contributed by atoms with van der Waals surface area (Å²) >= 11 is 0. The van der Waals surface area contributed by atoms with Crippen molar-refractivity contribution in [3.63, 3.8) is 0 Å². The minimum absolute atomic E-state index is 0.245. The number of nitrogens with one attached hydrogen (secondary N) is 1. The Morgan fingerprint density at radius 3 is 2.84 bits per heavy atom. The number of halogens is 3. The van der Waals surface area contributed by atoms with Crippen molar-refractivity contribution in [1.29, 1.82) is 0 Å². The summed E-state index contributed by atoms with van der Waals surface area (Å²) in [6, 6.07) is 3.38. The Kier molecular flexibility index (Phi) is 3.88. The first-order valence-electron chi connectivity index (χ1n) is 5.38. The average molecular weight is 272 g/mol. The van der Waals surface area contributed by atoms with E-state index in [1.807, 2.05) is 0 Å². The van der Waals surface area contributed by atoms with Gasteiger partial charge in [0.05, 0.1) is 24.1 Å². The van der Waals surface area contributed by atoms with Crippen molar-refractivity contribution in [3.05, 3.63) is 35.9 Å². The van der Waals surface area contributed by atoms with Crippen molar-refractivity contribution in [1.82, 2.24) is 15.0 Å². The van der Waals surface area contributed by atoms with Crippen LogP contribution in [0, 0.1) is 5.82 Å². The number of nitrogens with zero attached hydrogens (tertiary/aromatic N) is 3. The van der Waals surface area contributed by atoms with E-state index in [0.29, 0.717) is 6.54 Å². The second-order valence-electron chi connectivity index (χ2n) is 3.72. The van der Waals surface area contributed by atoms with Gasteiger partial charge in [0.2, 0.25) is 0 Å². The first-order valence-corrected chi connectivity index (χ1v) is 5.38. The first-order chi connectivity index (χ1) is 9.06. The number of hydrogen-bond acceptors (Lipinski definition) is 4. The highest BCUT2D eigenvalue weighted by Gasteiger charge is 2.11. The second kappa shape index (κ2) is 5.59. The van der Waals surface area contributed by atoms with Gasteiger partial charge in [-0.3, -0.25) is 4.68 Å². The maximum Gasteiger partial charge on any atom is 0.387 e. The lowest BCUT2D eigenvalue weighted by atomic mass is 10.2. The van der Waals surface area contributed by atoms with Gasteiger partial charge in [-0.05, 0) is 12.1 Å². The Morgan fingerprint density at radius 2 is 2.21 bits per heavy atom. The first kappa shape index (κ1) is 13.2. The maximum atomic E-state index is 13.0. The van der Waals surface area contributed by atoms with Gasteiger partial charge in [0.1, 0.15) is 5.82 Å². The van der Waals surface area contributed by atoms with Gasteiger partial charge < -0.3 is 10.1 Å². The van der Waals surface area contributed by atoms with E-state index in [0.717, 1.165) is 17.8 Å². The van der Waals surface area contributed by atoms with Crippen LogP contribution in [-0.2, 0) is 13.6 Å². The summed E-state index contributed by atoms with van der Waals surface area (Å²) < 4.78 is 43.2. The SMILES string of the molecule is Cn1nncc1CNc1ccc(F)cc1OC(F)F. The normalized spacial score (nSPS) is 10.8. The monoisotopic (exact) mass is 272 g/mol. The van der Waals surface area contributed by atoms with Crippen LogP contribution < -0.4 is 10.1 Å². The summed E-state index contributed by atoms with van der Waals surface area (Å²) in [5.74, 6) is -0.895. The Hall–Kier alpha value is -2.25. The number of alkyl halides is 2. The Balaban J connectivity index is 2.13. The predicted molar refractivity (Wildman–Crippen MR) is 61.4 cm³/mol. The van der Waals surface area contributed by atoms with E-state index in [-0.39, 0.29) is 11.4 Å². The van der Waals surface area contributed by atoms with E-state index >= 15 is 0 Å². The average Bonchev–Trinajstić information content (AvgIpc) is 2.73. The number of benzene rings is 1. The molecule has 8 heteroatoms. The third-order valence-electron chi connectivity index (χ3n) is 2.43. The lowest BCUT2D eigenvalue weighted by molar-refractivity contribution is -0.0495. The van der Waals surface area contributed by atoms with Gasteiger partial charge in [-0.15, -0.1) is 5.10 Å². The lowest BCUT2D eigenvalue weighted by Gasteiger charge is -2.12. The van der Waals surface area contributed by atoms with Gasteiger partial charge in [-0.25, -0.2) is 4.39 Å². The lowest BCUT2D eigenvalue weighted by Crippen LogP contribution is -2.09. The molecule has 1 heterocycles. The molecule has 0 aliphatic carbocycles. The van der Waals surface area contributed by atoms with Crippen LogP contribution in [0.3, 0.4) is 0 Å². The summed E-state index contributed by atoms with van der Waals surface area (Å²) in [6.07, 6.45) is 1.53. The number of aryl methyl sites for hydroxylation is 1. The molecular weight excluding hydrogens is 261 g/mol. The third kappa shape index (κ3) is 3.36. The van der Waals surface area contributed by atoms with Crippen LogP contribution in [0.4, 0.5) is 18.9 Å². The fraction of sp³-hybridized carbons (Fsp3) is 0.273. The Labute approximate surface area is 107 Å². The fourth-order valence-electron chi connectivity index (χ4n) is 1.49. The number of ether oxygens (including phenoxy) is 1. The van der Waals surface area contributed by atoms with Crippen LogP contribution in [0.1, 0.15) is 5.69 Å². The largest absolute Gasteiger partial charge is 0.433 e. The van der Waals surface area contributed by atoms with Gasteiger partial charge in [0.25, 0.3) is 0 Å². The van der Waals surface area contributed by atoms with Gasteiger partial charge >= 0.3 is 6.61 Å². The summed E-state index contributed by atoms with van der Waals surface area (Å²) in [6.45, 7) is -2.71. The summed E-state index contributed by atoms with van der Waals surface area (Å²) in [4.78, 5) is 0. The van der Waals surface area contributed by atoms with E-state index in [1.165, 1.54) is 16.9 Å². The number of anilines is 1. The molecule has 0 bridgehead atoms. The van der Waals surface area contributed by atoms with Crippen LogP contribution in [0.15, 0.2) is 24.4 Å². The van der Waals surface area contributed by atoms with E-state index < -0.39 is 12.4 Å². The molecule has 0 saturated heterocycles. The van der Waals surface area contributed by atoms with Crippen LogP contribution in [0.25, 0.3) is 0 Å². The fourth-order valence-corrected chi connectivity index (χ4v) is 1.49. The van der Waals surface area contributed by atoms with Crippen molar-refractivity contribution in [3.8, 4) is 5.75 Å². The van der Waals surface area contributed by atoms with Gasteiger partial charge in [0, 0.05) is 13.1 Å². The molecule has 2 rings (SSSR count). The molecule has 102 valence electrons. The van der Waals surface area contributed by atoms with E-state index in [2.05, 4.69) is 20.4 Å². The summed E-state index contributed by atoms with van der Waals surface area (Å²) in [5, 5.41) is 10.3. The molecule has 1 aromatic heterocycles. The molecule has 0 aliphatic rings. The zero-order chi connectivity index (χ0) is 13.8. The highest BCUT2D eigenvalue weighted by molar-refractivity contribution is 5.56. The molecule has 19 heavy (non-hydrogen) atoms. The third-order valence-corrected chi connectivity index (χ3v) is 2.43. The quantitative estimate of drug-likeness (QED) is 0.906. The van der Waals surface area contributed by atoms with E-state index in [4.69, 9.17) is 0 Å². The predicted octanol–water partition coefficient (Wildman–Crippen LogP) is 2.17. The molecule has 5 nitrogen and oxygen atoms in total. The summed E-state index contributed by atoms with van der Waals surface area (Å²) in [5.41, 5.74) is 1.01. The van der Waals surface area contributed by atoms with Crippen LogP contribution >= 0.6 is 0 Å². The Bertz CT molecular complexity index is 559. The molecule has 0 atom stereocenters. The Morgan fingerprint density at radius 1 is 1.42 bits per heavy atom. The van der Waals surface area contributed by atoms with Crippen LogP contribution in [0.2, 0.25) is 0 Å². The highest BCUT2D eigenvalue weighted by Crippen LogP contribution is 2.27. The van der Waals surface area contributed by atoms with Crippen molar-refractivity contribution in [2.75, 3.05) is 5.32 Å². The van der Waals surface area contributed by atoms with Crippen LogP contribution in [0.5, 0.6) is 5.75 Å². The molecule has 2 aromatic rings. The molecule has 0 amide bonds. The zero-order valence-corrected chi connectivity index (χ0v) is 9.98. The molecule has 0 aliphatic heterocycles. The van der Waals surface area contributed by atoms with Gasteiger partial charge in [0.15, 0.2) is 5.75 Å². The molecule has 0 spiro atoms. The smallest absolute Gasteiger partial charge is 0.387 e. The summed E-state index contributed by atoms with van der Waals surface area (Å²) in [7, 11) is 1.70. The molecule has 1 aromatic carbocycles. The molecule has 0 radical (unpaired) electrons. The van der Waals surface area contributed by atoms with E-state index in [1.54, 1.807) is 7.05 Å². The zero-order valence-electron chi connectivity index (χ0n) is 9.98. The standard InChI is InChI=1S/C11H11F3N4O/c1-18-8(6-16-17-18)5-15-9-3-2-7(12)4-10(9)19-11(13)14/h2-4,6,11,15H,5H2,1H3. The van der Waals surface area contributed by atoms with Crippen molar-refractivity contribution in [2.45, 2.75) is 13.2 Å². The number of rotatable bonds is 5. The molecule has 0 unspecified atom stereocenters. The van der Waals surface area contributed by atoms with Gasteiger partial charge in [-0.2, -0.15) is 8.78 Å². The maximum absolute atomic E-state index is 13.0. The van der Waals surface area contributed by atoms with Gasteiger partial charge in [-0.1, -0.05) is 5.21 Å². The minimum Gasteiger partial charge on any atom is -0.433 e. The van der Waals surface area contributed by atoms with Crippen molar-refractivity contribution < 1.29 is 17.9 Å². The molecule has 1 N–H and O–H groups in total. The second-order valence-corrected chi connectivity index (χ2v) is 3.72.